The van der Waals surface area contributed by atoms with Crippen molar-refractivity contribution in [1.82, 2.24) is 5.01 Å². The fraction of sp³-hybridized carbons (Fsp3) is 0.222. The number of rotatable bonds is 1. The predicted molar refractivity (Wildman–Crippen MR) is 64.2 cm³/mol. The van der Waals surface area contributed by atoms with Gasteiger partial charge in [-0.3, -0.25) is 0 Å². The molecule has 1 unspecified atom stereocenters. The summed E-state index contributed by atoms with van der Waals surface area (Å²) in [6.45, 7) is 0. The zero-order chi connectivity index (χ0) is 11.9. The number of nitrogens with zero attached hydrogens (tertiary/aromatic N) is 3. The van der Waals surface area contributed by atoms with Crippen LogP contribution in [0.2, 0.25) is 5.02 Å². The summed E-state index contributed by atoms with van der Waals surface area (Å²) in [5, 5.41) is 13.5. The highest BCUT2D eigenvalue weighted by atomic mass is 35.5. The number of hydroxylamine groups is 1. The number of hydrogen-bond donors (Lipinski definition) is 0. The number of benzene rings is 1. The van der Waals surface area contributed by atoms with Crippen LogP contribution < -0.4 is 4.31 Å². The number of carbonyl (C=O) groups excluding carboxylic acids is 1. The zero-order valence-electron chi connectivity index (χ0n) is 8.75. The topological polar surface area (TPSA) is 46.6 Å². The van der Waals surface area contributed by atoms with Crippen molar-refractivity contribution in [2.45, 2.75) is 0 Å². The Balaban J connectivity index is 2.30. The van der Waals surface area contributed by atoms with Gasteiger partial charge in [0.2, 0.25) is 12.1 Å². The highest BCUT2D eigenvalue weighted by Gasteiger charge is 2.43. The van der Waals surface area contributed by atoms with Crippen molar-refractivity contribution in [1.29, 1.82) is 0 Å². The molecular formula is C9H10ClN3O2S. The minimum atomic E-state index is -0.804. The molecule has 0 radical (unpaired) electrons. The van der Waals surface area contributed by atoms with E-state index in [-0.39, 0.29) is 6.03 Å². The molecule has 0 bridgehead atoms. The maximum Gasteiger partial charge on any atom is 0.384 e. The van der Waals surface area contributed by atoms with Crippen molar-refractivity contribution in [3.63, 3.8) is 0 Å². The summed E-state index contributed by atoms with van der Waals surface area (Å²) < 4.78 is 0.546. The van der Waals surface area contributed by atoms with Gasteiger partial charge in [0.1, 0.15) is 7.05 Å². The molecule has 2 rings (SSSR count). The van der Waals surface area contributed by atoms with Crippen LogP contribution >= 0.6 is 23.7 Å². The predicted octanol–water partition coefficient (Wildman–Crippen LogP) is 2.63. The average Bonchev–Trinajstić information content (AvgIpc) is 2.44. The number of urea groups is 1. The number of anilines is 1. The van der Waals surface area contributed by atoms with E-state index in [0.29, 0.717) is 10.7 Å². The molecule has 1 heterocycles. The third kappa shape index (κ3) is 1.84. The maximum absolute atomic E-state index is 11.8. The lowest BCUT2D eigenvalue weighted by Gasteiger charge is -2.32. The molecule has 1 aliphatic heterocycles. The first-order chi connectivity index (χ1) is 7.42. The zero-order valence-corrected chi connectivity index (χ0v) is 10.3. The highest BCUT2D eigenvalue weighted by Crippen LogP contribution is 2.38. The minimum absolute atomic E-state index is 0.343. The van der Waals surface area contributed by atoms with Crippen LogP contribution in [0, 0.1) is 5.21 Å². The van der Waals surface area contributed by atoms with Crippen LogP contribution in [0.4, 0.5) is 10.5 Å². The molecule has 16 heavy (non-hydrogen) atoms. The molecule has 86 valence electrons. The van der Waals surface area contributed by atoms with Gasteiger partial charge >= 0.3 is 6.03 Å². The normalized spacial score (nSPS) is 25.4. The number of quaternary nitrogens is 1. The molecule has 1 atom stereocenters. The first kappa shape index (κ1) is 11.5. The maximum atomic E-state index is 11.8. The van der Waals surface area contributed by atoms with Gasteiger partial charge in [-0.1, -0.05) is 11.6 Å². The number of amides is 2. The smallest absolute Gasteiger partial charge is 0.384 e. The molecule has 2 amide bonds. The molecule has 1 aromatic carbocycles. The van der Waals surface area contributed by atoms with Gasteiger partial charge < -0.3 is 5.21 Å². The number of hydrogen-bond acceptors (Lipinski definition) is 3. The minimum Gasteiger partial charge on any atom is -0.593 e. The van der Waals surface area contributed by atoms with E-state index < -0.39 is 4.16 Å². The third-order valence-corrected chi connectivity index (χ3v) is 3.62. The van der Waals surface area contributed by atoms with E-state index >= 15 is 0 Å². The lowest BCUT2D eigenvalue weighted by molar-refractivity contribution is -0.829. The summed E-state index contributed by atoms with van der Waals surface area (Å²) >= 11 is 6.64. The lowest BCUT2D eigenvalue weighted by Crippen LogP contribution is -2.42. The molecule has 1 aliphatic rings. The number of halogens is 1. The Morgan fingerprint density at radius 3 is 2.38 bits per heavy atom. The standard InChI is InChI=1S/C9H10ClN3O2S/c1-11-9(14)12(16-13(11,2)15)8-5-3-7(10)4-6-8/h3-6H,1-2H3. The second-order valence-corrected chi connectivity index (χ2v) is 5.10. The first-order valence-corrected chi connectivity index (χ1v) is 5.64. The van der Waals surface area contributed by atoms with E-state index in [1.54, 1.807) is 24.3 Å². The van der Waals surface area contributed by atoms with Gasteiger partial charge in [-0.2, -0.15) is 13.5 Å². The Morgan fingerprint density at radius 2 is 1.94 bits per heavy atom. The van der Waals surface area contributed by atoms with Crippen LogP contribution in [0.5, 0.6) is 0 Å². The van der Waals surface area contributed by atoms with E-state index in [4.69, 9.17) is 11.6 Å². The van der Waals surface area contributed by atoms with Gasteiger partial charge in [-0.25, -0.2) is 4.79 Å². The van der Waals surface area contributed by atoms with Crippen LogP contribution in [0.1, 0.15) is 0 Å². The summed E-state index contributed by atoms with van der Waals surface area (Å²) in [4.78, 5) is 11.8. The average molecular weight is 260 g/mol. The van der Waals surface area contributed by atoms with Crippen molar-refractivity contribution in [3.8, 4) is 0 Å². The molecule has 1 aromatic rings. The van der Waals surface area contributed by atoms with Gasteiger partial charge in [-0.05, 0) is 24.3 Å². The largest absolute Gasteiger partial charge is 0.593 e. The highest BCUT2D eigenvalue weighted by molar-refractivity contribution is 7.96. The first-order valence-electron chi connectivity index (χ1n) is 4.53. The summed E-state index contributed by atoms with van der Waals surface area (Å²) in [6, 6.07) is 6.42. The van der Waals surface area contributed by atoms with Crippen LogP contribution in [-0.2, 0) is 0 Å². The van der Waals surface area contributed by atoms with Gasteiger partial charge in [-0.15, -0.1) is 0 Å². The van der Waals surface area contributed by atoms with E-state index in [1.165, 1.54) is 18.4 Å². The SMILES string of the molecule is CN1C(=O)N(c2ccc(Cl)cc2)S[N+]1(C)[O-]. The van der Waals surface area contributed by atoms with E-state index in [2.05, 4.69) is 0 Å². The van der Waals surface area contributed by atoms with Crippen molar-refractivity contribution < 1.29 is 8.96 Å². The Kier molecular flexibility index (Phi) is 2.75. The summed E-state index contributed by atoms with van der Waals surface area (Å²) in [7, 11) is 2.87. The summed E-state index contributed by atoms with van der Waals surface area (Å²) in [5.74, 6) is 0. The molecule has 1 saturated heterocycles. The van der Waals surface area contributed by atoms with Crippen molar-refractivity contribution >= 4 is 35.5 Å². The van der Waals surface area contributed by atoms with Crippen molar-refractivity contribution in [2.75, 3.05) is 18.4 Å². The molecule has 0 aromatic heterocycles. The molecule has 0 aliphatic carbocycles. The molecule has 0 saturated carbocycles. The van der Waals surface area contributed by atoms with Crippen molar-refractivity contribution in [2.24, 2.45) is 0 Å². The lowest BCUT2D eigenvalue weighted by atomic mass is 10.3. The van der Waals surface area contributed by atoms with E-state index in [9.17, 15) is 10.0 Å². The Bertz CT molecular complexity index is 423. The van der Waals surface area contributed by atoms with E-state index in [1.807, 2.05) is 0 Å². The van der Waals surface area contributed by atoms with Gasteiger partial charge in [0.25, 0.3) is 0 Å². The van der Waals surface area contributed by atoms with Crippen LogP contribution in [0.15, 0.2) is 24.3 Å². The monoisotopic (exact) mass is 259 g/mol. The van der Waals surface area contributed by atoms with Crippen LogP contribution in [-0.4, -0.2) is 29.3 Å². The van der Waals surface area contributed by atoms with Gasteiger partial charge in [0, 0.05) is 5.02 Å². The quantitative estimate of drug-likeness (QED) is 0.442. The molecule has 1 fully saturated rings. The summed E-state index contributed by atoms with van der Waals surface area (Å²) in [6.07, 6.45) is 0. The third-order valence-electron chi connectivity index (χ3n) is 2.29. The Labute approximate surface area is 103 Å². The fourth-order valence-electron chi connectivity index (χ4n) is 1.26. The molecule has 5 nitrogen and oxygen atoms in total. The van der Waals surface area contributed by atoms with Crippen molar-refractivity contribution in [3.05, 3.63) is 34.5 Å². The summed E-state index contributed by atoms with van der Waals surface area (Å²) in [5.41, 5.74) is 0.643. The molecule has 0 spiro atoms. The Hall–Kier alpha value is -0.950. The second kappa shape index (κ2) is 3.81. The fourth-order valence-corrected chi connectivity index (χ4v) is 2.27. The molecule has 0 N–H and O–H groups in total. The molecule has 7 heteroatoms. The van der Waals surface area contributed by atoms with E-state index in [0.717, 1.165) is 17.1 Å². The van der Waals surface area contributed by atoms with Crippen LogP contribution in [0.3, 0.4) is 0 Å². The Morgan fingerprint density at radius 1 is 1.38 bits per heavy atom. The molecular weight excluding hydrogens is 250 g/mol. The number of carbonyl (C=O) groups is 1. The van der Waals surface area contributed by atoms with Gasteiger partial charge in [0.15, 0.2) is 0 Å². The van der Waals surface area contributed by atoms with Crippen LogP contribution in [0.25, 0.3) is 0 Å². The van der Waals surface area contributed by atoms with Gasteiger partial charge in [0.05, 0.1) is 12.7 Å². The second-order valence-electron chi connectivity index (χ2n) is 3.46.